The molecule has 2 rings (SSSR count). The molecule has 1 fully saturated rings. The van der Waals surface area contributed by atoms with Crippen LogP contribution in [0.1, 0.15) is 43.0 Å². The molecule has 0 spiro atoms. The maximum Gasteiger partial charge on any atom is 0.335 e. The van der Waals surface area contributed by atoms with Crippen molar-refractivity contribution in [1.82, 2.24) is 5.32 Å². The van der Waals surface area contributed by atoms with E-state index in [1.54, 1.807) is 6.07 Å². The van der Waals surface area contributed by atoms with Crippen LogP contribution in [-0.2, 0) is 0 Å². The van der Waals surface area contributed by atoms with E-state index in [1.807, 2.05) is 0 Å². The molecule has 0 bridgehead atoms. The summed E-state index contributed by atoms with van der Waals surface area (Å²) in [6.07, 6.45) is 4.30. The standard InChI is InChI=1S/C15H19BrN2O3/c1-9-2-5-11(6-3-9)17-15(21)18-13-7-4-10(14(19)20)8-12(13)16/h4,7-9,11H,2-3,5-6H2,1H3,(H,19,20)(H2,17,18,21). The summed E-state index contributed by atoms with van der Waals surface area (Å²) in [4.78, 5) is 22.8. The SMILES string of the molecule is CC1CCC(NC(=O)Nc2ccc(C(=O)O)cc2Br)CC1. The van der Waals surface area contributed by atoms with E-state index in [0.717, 1.165) is 31.6 Å². The van der Waals surface area contributed by atoms with Gasteiger partial charge in [0.25, 0.3) is 0 Å². The van der Waals surface area contributed by atoms with Crippen molar-refractivity contribution in [1.29, 1.82) is 0 Å². The third-order valence-corrected chi connectivity index (χ3v) is 4.47. The van der Waals surface area contributed by atoms with Crippen molar-refractivity contribution in [3.63, 3.8) is 0 Å². The van der Waals surface area contributed by atoms with Crippen molar-refractivity contribution < 1.29 is 14.7 Å². The number of carbonyl (C=O) groups is 2. The summed E-state index contributed by atoms with van der Waals surface area (Å²) >= 11 is 3.27. The minimum atomic E-state index is -0.997. The number of nitrogens with one attached hydrogen (secondary N) is 2. The highest BCUT2D eigenvalue weighted by Crippen LogP contribution is 2.25. The van der Waals surface area contributed by atoms with Gasteiger partial charge in [-0.05, 0) is 65.7 Å². The van der Waals surface area contributed by atoms with Crippen LogP contribution in [0.25, 0.3) is 0 Å². The van der Waals surface area contributed by atoms with Gasteiger partial charge in [-0.2, -0.15) is 0 Å². The molecule has 1 aromatic carbocycles. The van der Waals surface area contributed by atoms with Crippen LogP contribution in [0.4, 0.5) is 10.5 Å². The van der Waals surface area contributed by atoms with Gasteiger partial charge in [-0.1, -0.05) is 6.92 Å². The van der Waals surface area contributed by atoms with Gasteiger partial charge in [-0.25, -0.2) is 9.59 Å². The van der Waals surface area contributed by atoms with Gasteiger partial charge in [0, 0.05) is 10.5 Å². The molecular formula is C15H19BrN2O3. The lowest BCUT2D eigenvalue weighted by atomic mass is 9.87. The summed E-state index contributed by atoms with van der Waals surface area (Å²) in [6, 6.07) is 4.48. The number of urea groups is 1. The van der Waals surface area contributed by atoms with E-state index in [2.05, 4.69) is 33.5 Å². The molecule has 1 saturated carbocycles. The zero-order chi connectivity index (χ0) is 15.4. The van der Waals surface area contributed by atoms with Gasteiger partial charge in [0.05, 0.1) is 11.3 Å². The molecule has 5 nitrogen and oxygen atoms in total. The van der Waals surface area contributed by atoms with E-state index in [0.29, 0.717) is 10.2 Å². The highest BCUT2D eigenvalue weighted by Gasteiger charge is 2.20. The number of carbonyl (C=O) groups excluding carboxylic acids is 1. The normalized spacial score (nSPS) is 21.6. The molecule has 0 atom stereocenters. The zero-order valence-corrected chi connectivity index (χ0v) is 13.4. The number of rotatable bonds is 3. The number of hydrogen-bond donors (Lipinski definition) is 3. The Balaban J connectivity index is 1.92. The number of carboxylic acid groups (broad SMARTS) is 1. The minimum absolute atomic E-state index is 0.175. The van der Waals surface area contributed by atoms with E-state index >= 15 is 0 Å². The topological polar surface area (TPSA) is 78.4 Å². The highest BCUT2D eigenvalue weighted by molar-refractivity contribution is 9.10. The molecule has 0 aliphatic heterocycles. The molecular weight excluding hydrogens is 336 g/mol. The first-order chi connectivity index (χ1) is 9.95. The van der Waals surface area contributed by atoms with Crippen molar-refractivity contribution >= 4 is 33.6 Å². The van der Waals surface area contributed by atoms with Crippen molar-refractivity contribution in [2.24, 2.45) is 5.92 Å². The molecule has 0 unspecified atom stereocenters. The van der Waals surface area contributed by atoms with Gasteiger partial charge < -0.3 is 15.7 Å². The molecule has 0 saturated heterocycles. The number of aromatic carboxylic acids is 1. The molecule has 1 aliphatic rings. The average molecular weight is 355 g/mol. The molecule has 114 valence electrons. The predicted molar refractivity (Wildman–Crippen MR) is 84.7 cm³/mol. The molecule has 3 N–H and O–H groups in total. The first-order valence-electron chi connectivity index (χ1n) is 7.06. The second kappa shape index (κ2) is 6.93. The largest absolute Gasteiger partial charge is 0.478 e. The fourth-order valence-corrected chi connectivity index (χ4v) is 2.98. The van der Waals surface area contributed by atoms with E-state index in [1.165, 1.54) is 12.1 Å². The molecule has 0 radical (unpaired) electrons. The number of hydrogen-bond acceptors (Lipinski definition) is 2. The Morgan fingerprint density at radius 1 is 1.24 bits per heavy atom. The van der Waals surface area contributed by atoms with Crippen LogP contribution >= 0.6 is 15.9 Å². The number of carboxylic acids is 1. The molecule has 0 aromatic heterocycles. The number of amides is 2. The molecule has 2 amide bonds. The van der Waals surface area contributed by atoms with Crippen LogP contribution < -0.4 is 10.6 Å². The molecule has 1 aromatic rings. The number of halogens is 1. The lowest BCUT2D eigenvalue weighted by molar-refractivity contribution is 0.0697. The third kappa shape index (κ3) is 4.46. The van der Waals surface area contributed by atoms with Crippen LogP contribution in [-0.4, -0.2) is 23.1 Å². The highest BCUT2D eigenvalue weighted by atomic mass is 79.9. The predicted octanol–water partition coefficient (Wildman–Crippen LogP) is 3.85. The smallest absolute Gasteiger partial charge is 0.335 e. The Morgan fingerprint density at radius 3 is 2.48 bits per heavy atom. The second-order valence-corrected chi connectivity index (χ2v) is 6.41. The maximum absolute atomic E-state index is 12.0. The summed E-state index contributed by atoms with van der Waals surface area (Å²) in [7, 11) is 0. The van der Waals surface area contributed by atoms with Gasteiger partial charge in [0.1, 0.15) is 0 Å². The summed E-state index contributed by atoms with van der Waals surface area (Å²) < 4.78 is 0.551. The summed E-state index contributed by atoms with van der Waals surface area (Å²) in [6.45, 7) is 2.23. The molecule has 0 heterocycles. The zero-order valence-electron chi connectivity index (χ0n) is 11.9. The Bertz CT molecular complexity index is 540. The van der Waals surface area contributed by atoms with E-state index in [-0.39, 0.29) is 17.6 Å². The molecule has 1 aliphatic carbocycles. The lowest BCUT2D eigenvalue weighted by Crippen LogP contribution is -2.40. The first kappa shape index (κ1) is 15.8. The van der Waals surface area contributed by atoms with Gasteiger partial charge >= 0.3 is 12.0 Å². The van der Waals surface area contributed by atoms with Crippen LogP contribution in [0.15, 0.2) is 22.7 Å². The summed E-state index contributed by atoms with van der Waals surface area (Å²) in [5.41, 5.74) is 0.732. The van der Waals surface area contributed by atoms with Crippen molar-refractivity contribution in [3.8, 4) is 0 Å². The van der Waals surface area contributed by atoms with E-state index in [9.17, 15) is 9.59 Å². The number of anilines is 1. The summed E-state index contributed by atoms with van der Waals surface area (Å²) in [5.74, 6) is -0.258. The van der Waals surface area contributed by atoms with Gasteiger partial charge in [-0.15, -0.1) is 0 Å². The fourth-order valence-electron chi connectivity index (χ4n) is 2.50. The average Bonchev–Trinajstić information content (AvgIpc) is 2.43. The third-order valence-electron chi connectivity index (χ3n) is 3.82. The van der Waals surface area contributed by atoms with Crippen molar-refractivity contribution in [2.75, 3.05) is 5.32 Å². The van der Waals surface area contributed by atoms with Crippen molar-refractivity contribution in [2.45, 2.75) is 38.6 Å². The Morgan fingerprint density at radius 2 is 1.90 bits per heavy atom. The molecule has 6 heteroatoms. The minimum Gasteiger partial charge on any atom is -0.478 e. The second-order valence-electron chi connectivity index (χ2n) is 5.56. The fraction of sp³-hybridized carbons (Fsp3) is 0.467. The Hall–Kier alpha value is -1.56. The Kier molecular flexibility index (Phi) is 5.22. The van der Waals surface area contributed by atoms with Gasteiger partial charge in [0.15, 0.2) is 0 Å². The van der Waals surface area contributed by atoms with E-state index in [4.69, 9.17) is 5.11 Å². The van der Waals surface area contributed by atoms with Crippen LogP contribution in [0, 0.1) is 5.92 Å². The van der Waals surface area contributed by atoms with Crippen molar-refractivity contribution in [3.05, 3.63) is 28.2 Å². The lowest BCUT2D eigenvalue weighted by Gasteiger charge is -2.27. The quantitative estimate of drug-likeness (QED) is 0.771. The summed E-state index contributed by atoms with van der Waals surface area (Å²) in [5, 5.41) is 14.6. The molecule has 21 heavy (non-hydrogen) atoms. The number of benzene rings is 1. The van der Waals surface area contributed by atoms with Crippen LogP contribution in [0.2, 0.25) is 0 Å². The maximum atomic E-state index is 12.0. The van der Waals surface area contributed by atoms with Gasteiger partial charge in [0.2, 0.25) is 0 Å². The first-order valence-corrected chi connectivity index (χ1v) is 7.85. The van der Waals surface area contributed by atoms with Crippen LogP contribution in [0.3, 0.4) is 0 Å². The Labute approximate surface area is 132 Å². The van der Waals surface area contributed by atoms with Crippen LogP contribution in [0.5, 0.6) is 0 Å². The van der Waals surface area contributed by atoms with E-state index < -0.39 is 5.97 Å². The monoisotopic (exact) mass is 354 g/mol. The van der Waals surface area contributed by atoms with Gasteiger partial charge in [-0.3, -0.25) is 0 Å².